The van der Waals surface area contributed by atoms with E-state index in [1.807, 2.05) is 0 Å². The van der Waals surface area contributed by atoms with Crippen molar-refractivity contribution >= 4 is 28.3 Å². The Bertz CT molecular complexity index is 848. The highest BCUT2D eigenvalue weighted by Crippen LogP contribution is 2.02. The highest BCUT2D eigenvalue weighted by molar-refractivity contribution is 7.80. The van der Waals surface area contributed by atoms with Crippen LogP contribution in [0, 0.1) is 0 Å². The number of rotatable bonds is 14. The molecule has 0 amide bonds. The largest absolute Gasteiger partial charge is 0.726 e. The van der Waals surface area contributed by atoms with Gasteiger partial charge in [0.15, 0.2) is 0 Å². The molecule has 0 saturated heterocycles. The van der Waals surface area contributed by atoms with Crippen LogP contribution in [0.4, 0.5) is 0 Å². The molecule has 12 nitrogen and oxygen atoms in total. The van der Waals surface area contributed by atoms with Crippen molar-refractivity contribution in [2.24, 2.45) is 0 Å². The molecule has 0 spiro atoms. The third kappa shape index (κ3) is 28.4. The van der Waals surface area contributed by atoms with E-state index in [1.165, 1.54) is 6.92 Å². The number of carboxylic acid groups (broad SMARTS) is 1. The monoisotopic (exact) mass is 596 g/mol. The third-order valence-corrected chi connectivity index (χ3v) is 6.44. The molecule has 0 N–H and O–H groups in total. The molecule has 0 aromatic carbocycles. The van der Waals surface area contributed by atoms with Crippen LogP contribution in [0.3, 0.4) is 0 Å². The number of hydrogen-bond donors (Lipinski definition) is 0. The molecule has 0 rings (SSSR count). The summed E-state index contributed by atoms with van der Waals surface area (Å²) in [5.74, 6) is -1.76. The molecule has 13 heteroatoms. The fraction of sp³-hybridized carbons (Fsp3) is 0.667. The van der Waals surface area contributed by atoms with E-state index in [4.69, 9.17) is 9.47 Å². The quantitative estimate of drug-likeness (QED) is 0.0947. The molecule has 0 aliphatic heterocycles. The fourth-order valence-corrected chi connectivity index (χ4v) is 2.04. The number of esters is 2. The molecule has 0 aliphatic carbocycles. The van der Waals surface area contributed by atoms with Gasteiger partial charge in [0.25, 0.3) is 0 Å². The molecular weight excluding hydrogens is 544 g/mol. The molecule has 236 valence electrons. The minimum atomic E-state index is -4.41. The number of hydrogen-bond acceptors (Lipinski definition) is 10. The minimum Gasteiger partial charge on any atom is -0.726 e. The molecule has 0 heterocycles. The number of ether oxygens (including phenoxy) is 2. The first-order valence-electron chi connectivity index (χ1n) is 12.8. The lowest BCUT2D eigenvalue weighted by Gasteiger charge is -2.31. The van der Waals surface area contributed by atoms with Crippen LogP contribution in [0.15, 0.2) is 36.5 Å². The first kappa shape index (κ1) is 44.4. The lowest BCUT2D eigenvalue weighted by Crippen LogP contribution is -2.46. The maximum atomic E-state index is 11.1. The zero-order valence-electron chi connectivity index (χ0n) is 26.2. The first-order valence-corrected chi connectivity index (χ1v) is 14.1. The van der Waals surface area contributed by atoms with Gasteiger partial charge in [-0.05, 0) is 54.0 Å². The van der Waals surface area contributed by atoms with E-state index in [2.05, 4.69) is 65.7 Å². The summed E-state index contributed by atoms with van der Waals surface area (Å²) < 4.78 is 43.0. The zero-order chi connectivity index (χ0) is 32.7. The molecule has 0 unspecified atom stereocenters. The average Bonchev–Trinajstić information content (AvgIpc) is 2.88. The minimum absolute atomic E-state index is 0.0648. The molecule has 0 saturated carbocycles. The van der Waals surface area contributed by atoms with E-state index in [9.17, 15) is 32.5 Å². The van der Waals surface area contributed by atoms with E-state index >= 15 is 0 Å². The van der Waals surface area contributed by atoms with Crippen LogP contribution in [0.25, 0.3) is 0 Å². The van der Waals surface area contributed by atoms with Crippen molar-refractivity contribution in [1.82, 2.24) is 0 Å². The van der Waals surface area contributed by atoms with Crippen LogP contribution >= 0.6 is 0 Å². The zero-order valence-corrected chi connectivity index (χ0v) is 27.0. The van der Waals surface area contributed by atoms with Crippen LogP contribution in [0.1, 0.15) is 48.5 Å². The molecule has 0 radical (unpaired) electrons. The summed E-state index contributed by atoms with van der Waals surface area (Å²) in [4.78, 5) is 31.6. The van der Waals surface area contributed by atoms with Gasteiger partial charge in [-0.2, -0.15) is 0 Å². The van der Waals surface area contributed by atoms with Crippen molar-refractivity contribution in [2.45, 2.75) is 48.5 Å². The molecular formula is C27H52N2O10S. The van der Waals surface area contributed by atoms with Gasteiger partial charge >= 0.3 is 11.9 Å². The van der Waals surface area contributed by atoms with E-state index in [0.717, 1.165) is 55.3 Å². The Kier molecular flexibility index (Phi) is 25.7. The lowest BCUT2D eigenvalue weighted by molar-refractivity contribution is -0.906. The predicted molar refractivity (Wildman–Crippen MR) is 152 cm³/mol. The van der Waals surface area contributed by atoms with Crippen LogP contribution in [0.5, 0.6) is 0 Å². The molecule has 0 atom stereocenters. The summed E-state index contributed by atoms with van der Waals surface area (Å²) in [6, 6.07) is 0. The highest BCUT2D eigenvalue weighted by atomic mass is 32.3. The summed E-state index contributed by atoms with van der Waals surface area (Å²) in [5, 5.41) is 9.49. The number of nitrogens with zero attached hydrogens (tertiary/aromatic N) is 2. The number of quaternary nitrogens is 2. The predicted octanol–water partition coefficient (Wildman–Crippen LogP) is 1.59. The van der Waals surface area contributed by atoms with Crippen LogP contribution < -0.4 is 5.11 Å². The first-order chi connectivity index (χ1) is 18.1. The van der Waals surface area contributed by atoms with Gasteiger partial charge in [-0.3, -0.25) is 4.18 Å². The SMILES string of the molecule is C=C(C)C(=O)OCC[N+](C)(CC)CC.C=C(C)C(=O)OCC[N+](C)(CC)CC.C=C(C)C(=O)[O-].COS(=O)(=O)[O-]. The number of aliphatic carboxylic acids is 1. The Morgan fingerprint density at radius 1 is 0.700 bits per heavy atom. The van der Waals surface area contributed by atoms with Gasteiger partial charge in [-0.25, -0.2) is 18.0 Å². The van der Waals surface area contributed by atoms with E-state index in [0.29, 0.717) is 24.4 Å². The second-order valence-corrected chi connectivity index (χ2v) is 10.6. The summed E-state index contributed by atoms with van der Waals surface area (Å²) >= 11 is 0. The Morgan fingerprint density at radius 3 is 1.05 bits per heavy atom. The molecule has 0 aromatic heterocycles. The molecule has 0 aromatic rings. The van der Waals surface area contributed by atoms with Crippen molar-refractivity contribution in [3.63, 3.8) is 0 Å². The Balaban J connectivity index is -0.000000233. The van der Waals surface area contributed by atoms with Crippen molar-refractivity contribution < 1.29 is 55.1 Å². The van der Waals surface area contributed by atoms with Crippen LogP contribution in [-0.4, -0.2) is 114 Å². The average molecular weight is 597 g/mol. The third-order valence-electron chi connectivity index (χ3n) is 6.03. The van der Waals surface area contributed by atoms with Crippen molar-refractivity contribution in [3.8, 4) is 0 Å². The van der Waals surface area contributed by atoms with Gasteiger partial charge in [0.05, 0.1) is 53.4 Å². The number of carboxylic acids is 1. The molecule has 0 aliphatic rings. The van der Waals surface area contributed by atoms with Gasteiger partial charge in [-0.1, -0.05) is 19.7 Å². The second kappa shape index (κ2) is 23.2. The topological polar surface area (TPSA) is 159 Å². The molecule has 0 bridgehead atoms. The van der Waals surface area contributed by atoms with Gasteiger partial charge in [0, 0.05) is 11.1 Å². The number of likely N-dealkylation sites (N-methyl/N-ethyl adjacent to an activating group) is 2. The van der Waals surface area contributed by atoms with Crippen LogP contribution in [0.2, 0.25) is 0 Å². The summed E-state index contributed by atoms with van der Waals surface area (Å²) in [5.41, 5.74) is 0.995. The van der Waals surface area contributed by atoms with E-state index < -0.39 is 16.4 Å². The van der Waals surface area contributed by atoms with Gasteiger partial charge in [-0.15, -0.1) is 0 Å². The summed E-state index contributed by atoms with van der Waals surface area (Å²) in [7, 11) is 0.718. The highest BCUT2D eigenvalue weighted by Gasteiger charge is 2.17. The molecule has 0 fully saturated rings. The maximum absolute atomic E-state index is 11.1. The van der Waals surface area contributed by atoms with Gasteiger partial charge < -0.3 is 32.9 Å². The molecule has 40 heavy (non-hydrogen) atoms. The van der Waals surface area contributed by atoms with Gasteiger partial charge in [0.2, 0.25) is 10.4 Å². The van der Waals surface area contributed by atoms with Gasteiger partial charge in [0.1, 0.15) is 26.3 Å². The van der Waals surface area contributed by atoms with Crippen LogP contribution in [-0.2, 0) is 38.4 Å². The normalized spacial score (nSPS) is 10.7. The van der Waals surface area contributed by atoms with E-state index in [1.54, 1.807) is 13.8 Å². The second-order valence-electron chi connectivity index (χ2n) is 9.43. The van der Waals surface area contributed by atoms with Crippen molar-refractivity contribution in [1.29, 1.82) is 0 Å². The summed E-state index contributed by atoms with van der Waals surface area (Å²) in [6.45, 7) is 30.3. The number of carbonyl (C=O) groups excluding carboxylic acids is 3. The lowest BCUT2D eigenvalue weighted by atomic mass is 10.3. The standard InChI is InChI=1S/2C11H22NO2.C4H6O2.CH4O4S/c2*1-6-12(5,7-2)8-9-14-11(13)10(3)4;1-3(2)4(5)6;1-5-6(2,3)4/h2*3,6-9H2,1-2,4-5H3;1H2,2H3,(H,5,6);1H3,(H,2,3,4)/q2*+1;;/p-2. The summed E-state index contributed by atoms with van der Waals surface area (Å²) in [6.07, 6.45) is 0. The smallest absolute Gasteiger partial charge is 0.333 e. The van der Waals surface area contributed by atoms with E-state index in [-0.39, 0.29) is 17.5 Å². The Morgan fingerprint density at radius 2 is 0.925 bits per heavy atom. The number of carbonyl (C=O) groups is 3. The fourth-order valence-electron chi connectivity index (χ4n) is 2.04. The van der Waals surface area contributed by atoms with Crippen molar-refractivity contribution in [2.75, 3.05) is 73.7 Å². The Labute approximate surface area is 242 Å². The van der Waals surface area contributed by atoms with Crippen molar-refractivity contribution in [3.05, 3.63) is 36.5 Å². The Hall–Kier alpha value is -2.58. The maximum Gasteiger partial charge on any atom is 0.333 e.